The van der Waals surface area contributed by atoms with Crippen LogP contribution in [0.25, 0.3) is 0 Å². The van der Waals surface area contributed by atoms with E-state index in [1.165, 1.54) is 6.08 Å². The Kier molecular flexibility index (Phi) is 8.07. The number of nitrogens with zero attached hydrogens (tertiary/aromatic N) is 1. The van der Waals surface area contributed by atoms with Gasteiger partial charge >= 0.3 is 0 Å². The molecule has 0 aliphatic carbocycles. The number of hydrogen-bond acceptors (Lipinski definition) is 4. The molecule has 1 heterocycles. The van der Waals surface area contributed by atoms with Gasteiger partial charge in [-0.05, 0) is 24.6 Å². The summed E-state index contributed by atoms with van der Waals surface area (Å²) in [5, 5.41) is 2.86. The van der Waals surface area contributed by atoms with Crippen LogP contribution >= 0.6 is 0 Å². The Bertz CT molecular complexity index is 563. The van der Waals surface area contributed by atoms with Crippen molar-refractivity contribution in [2.45, 2.75) is 13.5 Å². The maximum absolute atomic E-state index is 11.6. The summed E-state index contributed by atoms with van der Waals surface area (Å²) in [7, 11) is 0. The number of morpholine rings is 1. The molecule has 1 N–H and O–H groups in total. The van der Waals surface area contributed by atoms with E-state index in [4.69, 9.17) is 9.47 Å². The molecule has 1 aliphatic rings. The number of nitrogens with one attached hydrogen (secondary N) is 1. The van der Waals surface area contributed by atoms with Gasteiger partial charge < -0.3 is 14.8 Å². The summed E-state index contributed by atoms with van der Waals surface area (Å²) in [6.45, 7) is 7.50. The van der Waals surface area contributed by atoms with Gasteiger partial charge in [0.25, 0.3) is 0 Å². The van der Waals surface area contributed by atoms with Gasteiger partial charge in [-0.1, -0.05) is 30.4 Å². The first-order valence-electron chi connectivity index (χ1n) is 8.37. The number of allylic oxidation sites excluding steroid dienone is 3. The Morgan fingerprint density at radius 2 is 2.17 bits per heavy atom. The van der Waals surface area contributed by atoms with Crippen LogP contribution in [0.15, 0.2) is 48.6 Å². The fourth-order valence-corrected chi connectivity index (χ4v) is 2.36. The summed E-state index contributed by atoms with van der Waals surface area (Å²) in [5.41, 5.74) is 1.02. The van der Waals surface area contributed by atoms with Crippen LogP contribution in [0.1, 0.15) is 12.5 Å². The predicted molar refractivity (Wildman–Crippen MR) is 95.0 cm³/mol. The topological polar surface area (TPSA) is 50.8 Å². The molecule has 1 aromatic rings. The Morgan fingerprint density at radius 3 is 2.96 bits per heavy atom. The number of hydrogen-bond donors (Lipinski definition) is 1. The molecule has 0 bridgehead atoms. The third-order valence-electron chi connectivity index (χ3n) is 3.70. The molecule has 1 aromatic carbocycles. The van der Waals surface area contributed by atoms with E-state index in [0.717, 1.165) is 44.2 Å². The largest absolute Gasteiger partial charge is 0.492 e. The van der Waals surface area contributed by atoms with Gasteiger partial charge in [0.2, 0.25) is 5.91 Å². The zero-order chi connectivity index (χ0) is 17.0. The molecule has 24 heavy (non-hydrogen) atoms. The predicted octanol–water partition coefficient (Wildman–Crippen LogP) is 2.15. The van der Waals surface area contributed by atoms with Gasteiger partial charge in [0, 0.05) is 32.3 Å². The van der Waals surface area contributed by atoms with Crippen molar-refractivity contribution in [2.75, 3.05) is 39.5 Å². The summed E-state index contributed by atoms with van der Waals surface area (Å²) in [6, 6.07) is 7.83. The van der Waals surface area contributed by atoms with Crippen LogP contribution in [-0.4, -0.2) is 50.3 Å². The van der Waals surface area contributed by atoms with Crippen LogP contribution in [0, 0.1) is 0 Å². The number of carbonyl (C=O) groups excluding carboxylic acids is 1. The van der Waals surface area contributed by atoms with Gasteiger partial charge in [0.15, 0.2) is 0 Å². The second kappa shape index (κ2) is 10.6. The number of amides is 1. The highest BCUT2D eigenvalue weighted by Crippen LogP contribution is 2.13. The Hall–Kier alpha value is -2.11. The molecular formula is C19H26N2O3. The zero-order valence-electron chi connectivity index (χ0n) is 14.2. The van der Waals surface area contributed by atoms with Crippen molar-refractivity contribution in [3.63, 3.8) is 0 Å². The van der Waals surface area contributed by atoms with Crippen molar-refractivity contribution in [1.29, 1.82) is 0 Å². The first-order chi connectivity index (χ1) is 11.8. The average Bonchev–Trinajstić information content (AvgIpc) is 2.62. The molecule has 0 saturated carbocycles. The fourth-order valence-electron chi connectivity index (χ4n) is 2.36. The van der Waals surface area contributed by atoms with Crippen molar-refractivity contribution in [2.24, 2.45) is 0 Å². The molecule has 0 unspecified atom stereocenters. The molecule has 0 atom stereocenters. The summed E-state index contributed by atoms with van der Waals surface area (Å²) in [5.74, 6) is 0.728. The minimum atomic E-state index is -0.105. The maximum atomic E-state index is 11.6. The lowest BCUT2D eigenvalue weighted by Crippen LogP contribution is -2.38. The van der Waals surface area contributed by atoms with E-state index in [0.29, 0.717) is 13.2 Å². The Balaban J connectivity index is 1.73. The Labute approximate surface area is 143 Å². The van der Waals surface area contributed by atoms with E-state index in [2.05, 4.69) is 10.2 Å². The zero-order valence-corrected chi connectivity index (χ0v) is 14.2. The van der Waals surface area contributed by atoms with E-state index >= 15 is 0 Å². The van der Waals surface area contributed by atoms with Crippen molar-refractivity contribution in [3.8, 4) is 5.75 Å². The summed E-state index contributed by atoms with van der Waals surface area (Å²) in [4.78, 5) is 14.0. The minimum absolute atomic E-state index is 0.105. The molecule has 1 saturated heterocycles. The molecule has 2 rings (SSSR count). The highest BCUT2D eigenvalue weighted by molar-refractivity contribution is 5.87. The molecule has 1 fully saturated rings. The first kappa shape index (κ1) is 18.2. The highest BCUT2D eigenvalue weighted by Gasteiger charge is 2.09. The molecule has 130 valence electrons. The van der Waals surface area contributed by atoms with Crippen molar-refractivity contribution < 1.29 is 14.3 Å². The smallest absolute Gasteiger partial charge is 0.244 e. The summed E-state index contributed by atoms with van der Waals surface area (Å²) < 4.78 is 11.1. The summed E-state index contributed by atoms with van der Waals surface area (Å²) in [6.07, 6.45) is 6.94. The van der Waals surface area contributed by atoms with Gasteiger partial charge in [0.05, 0.1) is 13.2 Å². The number of rotatable bonds is 8. The van der Waals surface area contributed by atoms with Crippen LogP contribution in [-0.2, 0) is 16.1 Å². The van der Waals surface area contributed by atoms with Crippen LogP contribution in [0.5, 0.6) is 5.75 Å². The van der Waals surface area contributed by atoms with Gasteiger partial charge in [-0.25, -0.2) is 0 Å². The number of ether oxygens (including phenoxy) is 2. The fraction of sp³-hybridized carbons (Fsp3) is 0.421. The van der Waals surface area contributed by atoms with E-state index < -0.39 is 0 Å². The normalized spacial score (nSPS) is 15.9. The van der Waals surface area contributed by atoms with Crippen LogP contribution < -0.4 is 10.1 Å². The van der Waals surface area contributed by atoms with Gasteiger partial charge in [0.1, 0.15) is 12.4 Å². The lowest BCUT2D eigenvalue weighted by atomic mass is 10.2. The average molecular weight is 330 g/mol. The molecule has 5 heteroatoms. The van der Waals surface area contributed by atoms with Crippen molar-refractivity contribution in [3.05, 3.63) is 54.1 Å². The molecule has 0 radical (unpaired) electrons. The second-order valence-corrected chi connectivity index (χ2v) is 5.55. The minimum Gasteiger partial charge on any atom is -0.492 e. The molecule has 5 nitrogen and oxygen atoms in total. The molecule has 0 aromatic heterocycles. The SMILES string of the molecule is CC=CC=CC(=O)NCc1cccc(OCCN2CCOCC2)c1. The monoisotopic (exact) mass is 330 g/mol. The Morgan fingerprint density at radius 1 is 1.33 bits per heavy atom. The van der Waals surface area contributed by atoms with Crippen LogP contribution in [0.2, 0.25) is 0 Å². The van der Waals surface area contributed by atoms with Crippen molar-refractivity contribution >= 4 is 5.91 Å². The standard InChI is InChI=1S/C19H26N2O3/c1-2-3-4-8-19(22)20-16-17-6-5-7-18(15-17)24-14-11-21-9-12-23-13-10-21/h2-8,15H,9-14,16H2,1H3,(H,20,22). The third kappa shape index (κ3) is 6.98. The van der Waals surface area contributed by atoms with Gasteiger partial charge in [-0.2, -0.15) is 0 Å². The lowest BCUT2D eigenvalue weighted by Gasteiger charge is -2.26. The summed E-state index contributed by atoms with van der Waals surface area (Å²) >= 11 is 0. The van der Waals surface area contributed by atoms with E-state index in [1.54, 1.807) is 6.08 Å². The molecular weight excluding hydrogens is 304 g/mol. The number of benzene rings is 1. The van der Waals surface area contributed by atoms with E-state index in [-0.39, 0.29) is 5.91 Å². The van der Waals surface area contributed by atoms with Gasteiger partial charge in [-0.3, -0.25) is 9.69 Å². The first-order valence-corrected chi connectivity index (χ1v) is 8.37. The molecule has 1 aliphatic heterocycles. The highest BCUT2D eigenvalue weighted by atomic mass is 16.5. The van der Waals surface area contributed by atoms with Crippen LogP contribution in [0.4, 0.5) is 0 Å². The van der Waals surface area contributed by atoms with Crippen LogP contribution in [0.3, 0.4) is 0 Å². The quantitative estimate of drug-likeness (QED) is 0.586. The third-order valence-corrected chi connectivity index (χ3v) is 3.70. The maximum Gasteiger partial charge on any atom is 0.244 e. The molecule has 0 spiro atoms. The second-order valence-electron chi connectivity index (χ2n) is 5.55. The van der Waals surface area contributed by atoms with E-state index in [9.17, 15) is 4.79 Å². The number of carbonyl (C=O) groups is 1. The van der Waals surface area contributed by atoms with Crippen molar-refractivity contribution in [1.82, 2.24) is 10.2 Å². The van der Waals surface area contributed by atoms with Gasteiger partial charge in [-0.15, -0.1) is 0 Å². The lowest BCUT2D eigenvalue weighted by molar-refractivity contribution is -0.116. The van der Waals surface area contributed by atoms with E-state index in [1.807, 2.05) is 43.3 Å². The molecule has 1 amide bonds.